The van der Waals surface area contributed by atoms with Crippen LogP contribution in [0.25, 0.3) is 21.1 Å². The molecule has 16 heteroatoms. The van der Waals surface area contributed by atoms with E-state index in [1.54, 1.807) is 14.0 Å². The lowest BCUT2D eigenvalue weighted by Gasteiger charge is -2.33. The average molecular weight is 718 g/mol. The van der Waals surface area contributed by atoms with Gasteiger partial charge < -0.3 is 15.2 Å². The molecule has 0 saturated carbocycles. The van der Waals surface area contributed by atoms with E-state index in [-0.39, 0.29) is 10.9 Å². The Morgan fingerprint density at radius 2 is 1.73 bits per heavy atom. The number of hydrogen-bond donors (Lipinski definition) is 2. The number of fused-ring (bicyclic) bond motifs is 2. The number of nitrogens with one attached hydrogen (secondary N) is 2. The highest BCUT2D eigenvalue weighted by atomic mass is 32.2. The molecule has 5 heterocycles. The van der Waals surface area contributed by atoms with E-state index in [4.69, 9.17) is 0 Å². The van der Waals surface area contributed by atoms with Crippen molar-refractivity contribution in [2.24, 2.45) is 0 Å². The van der Waals surface area contributed by atoms with E-state index in [0.717, 1.165) is 66.8 Å². The molecular weight excluding hydrogens is 676 g/mol. The third-order valence-electron chi connectivity index (χ3n) is 9.82. The van der Waals surface area contributed by atoms with Gasteiger partial charge in [0.05, 0.1) is 18.1 Å². The molecule has 0 spiro atoms. The second kappa shape index (κ2) is 14.0. The zero-order chi connectivity index (χ0) is 35.1. The summed E-state index contributed by atoms with van der Waals surface area (Å²) in [5.41, 5.74) is 4.57. The first kappa shape index (κ1) is 35.3. The Labute approximate surface area is 288 Å². The van der Waals surface area contributed by atoms with Crippen molar-refractivity contribution in [2.75, 3.05) is 69.8 Å². The minimum absolute atomic E-state index is 0.120. The Hall–Kier alpha value is -3.49. The van der Waals surface area contributed by atoms with Crippen LogP contribution in [-0.2, 0) is 29.5 Å². The lowest BCUT2D eigenvalue weighted by Crippen LogP contribution is -2.48. The van der Waals surface area contributed by atoms with Crippen LogP contribution in [0.15, 0.2) is 18.2 Å². The molecule has 4 aromatic rings. The van der Waals surface area contributed by atoms with Crippen molar-refractivity contribution in [1.29, 1.82) is 5.26 Å². The zero-order valence-corrected chi connectivity index (χ0v) is 29.8. The molecule has 264 valence electrons. The van der Waals surface area contributed by atoms with Crippen molar-refractivity contribution in [3.05, 3.63) is 45.5 Å². The second-order valence-corrected chi connectivity index (χ2v) is 16.1. The van der Waals surface area contributed by atoms with E-state index in [2.05, 4.69) is 60.1 Å². The number of thiophene rings is 1. The van der Waals surface area contributed by atoms with Crippen LogP contribution < -0.4 is 10.6 Å². The van der Waals surface area contributed by atoms with Gasteiger partial charge in [-0.05, 0) is 55.5 Å². The SMILES string of the molecule is CNc1nc(NC2CCN(Cc3ccc4c(cc(C#N)n4CCN4CCN(S(C)(=O)=O)CC4)c3C)CC2)c2c(C)c(CC(F)(F)F)sc2n1. The van der Waals surface area contributed by atoms with Gasteiger partial charge in [-0.2, -0.15) is 27.7 Å². The fraction of sp³-hybridized carbons (Fsp3) is 0.545. The van der Waals surface area contributed by atoms with Gasteiger partial charge in [-0.15, -0.1) is 11.3 Å². The number of halogens is 3. The third-order valence-corrected chi connectivity index (χ3v) is 12.3. The maximum absolute atomic E-state index is 13.2. The van der Waals surface area contributed by atoms with Gasteiger partial charge in [0.1, 0.15) is 22.4 Å². The number of anilines is 2. The molecule has 6 rings (SSSR count). The molecule has 2 N–H and O–H groups in total. The number of rotatable bonds is 10. The number of likely N-dealkylation sites (tertiary alicyclic amines) is 1. The van der Waals surface area contributed by atoms with Crippen LogP contribution in [0.2, 0.25) is 0 Å². The van der Waals surface area contributed by atoms with Crippen molar-refractivity contribution in [1.82, 2.24) is 28.6 Å². The predicted octanol–water partition coefficient (Wildman–Crippen LogP) is 4.93. The fourth-order valence-electron chi connectivity index (χ4n) is 6.97. The molecule has 2 aliphatic heterocycles. The number of benzene rings is 1. The van der Waals surface area contributed by atoms with Gasteiger partial charge in [0.2, 0.25) is 16.0 Å². The number of alkyl halides is 3. The minimum atomic E-state index is -4.29. The summed E-state index contributed by atoms with van der Waals surface area (Å²) in [7, 11) is -1.48. The standard InChI is InChI=1S/C33H42F3N9O2S2/c1-21-23(5-6-27-26(21)17-25(19-37)45(27)16-13-42-11-14-44(15-12-42)49(4,46)47)20-43-9-7-24(8-10-43)39-30-29-22(2)28(18-33(34,35)36)48-31(29)41-32(38-3)40-30/h5-6,17,24H,7-16,18,20H2,1-4H3,(H2,38,39,40,41). The Bertz CT molecular complexity index is 1990. The summed E-state index contributed by atoms with van der Waals surface area (Å²) in [5.74, 6) is 0.948. The highest BCUT2D eigenvalue weighted by Gasteiger charge is 2.31. The molecule has 0 atom stereocenters. The zero-order valence-electron chi connectivity index (χ0n) is 28.2. The molecule has 2 saturated heterocycles. The molecule has 2 fully saturated rings. The summed E-state index contributed by atoms with van der Waals surface area (Å²) in [5, 5.41) is 18.2. The van der Waals surface area contributed by atoms with E-state index in [9.17, 15) is 26.9 Å². The summed E-state index contributed by atoms with van der Waals surface area (Å²) in [6.07, 6.45) is -2.32. The Morgan fingerprint density at radius 1 is 1.02 bits per heavy atom. The van der Waals surface area contributed by atoms with Gasteiger partial charge in [0.15, 0.2) is 0 Å². The van der Waals surface area contributed by atoms with Crippen LogP contribution in [0.4, 0.5) is 24.9 Å². The molecule has 0 amide bonds. The summed E-state index contributed by atoms with van der Waals surface area (Å²) >= 11 is 1.07. The smallest absolute Gasteiger partial charge is 0.367 e. The monoisotopic (exact) mass is 717 g/mol. The van der Waals surface area contributed by atoms with E-state index >= 15 is 0 Å². The van der Waals surface area contributed by atoms with Crippen LogP contribution >= 0.6 is 11.3 Å². The maximum atomic E-state index is 13.2. The summed E-state index contributed by atoms with van der Waals surface area (Å²) in [6, 6.07) is 8.71. The van der Waals surface area contributed by atoms with Crippen LogP contribution in [0.1, 0.15) is 40.1 Å². The van der Waals surface area contributed by atoms with Crippen LogP contribution in [0.3, 0.4) is 0 Å². The van der Waals surface area contributed by atoms with E-state index in [0.29, 0.717) is 66.0 Å². The Balaban J connectivity index is 1.10. The summed E-state index contributed by atoms with van der Waals surface area (Å²) < 4.78 is 67.0. The van der Waals surface area contributed by atoms with Gasteiger partial charge in [-0.3, -0.25) is 9.80 Å². The fourth-order valence-corrected chi connectivity index (χ4v) is 9.01. The quantitative estimate of drug-likeness (QED) is 0.235. The van der Waals surface area contributed by atoms with Crippen molar-refractivity contribution in [3.8, 4) is 6.07 Å². The molecule has 0 radical (unpaired) electrons. The van der Waals surface area contributed by atoms with Crippen molar-refractivity contribution in [3.63, 3.8) is 0 Å². The summed E-state index contributed by atoms with van der Waals surface area (Å²) in [6.45, 7) is 9.97. The van der Waals surface area contributed by atoms with Crippen LogP contribution in [0, 0.1) is 25.2 Å². The third kappa shape index (κ3) is 7.81. The highest BCUT2D eigenvalue weighted by molar-refractivity contribution is 7.88. The largest absolute Gasteiger partial charge is 0.393 e. The van der Waals surface area contributed by atoms with Gasteiger partial charge in [0.25, 0.3) is 0 Å². The minimum Gasteiger partial charge on any atom is -0.367 e. The van der Waals surface area contributed by atoms with Gasteiger partial charge in [0, 0.05) is 87.8 Å². The Morgan fingerprint density at radius 3 is 2.37 bits per heavy atom. The number of hydrogen-bond acceptors (Lipinski definition) is 10. The first-order valence-electron chi connectivity index (χ1n) is 16.5. The maximum Gasteiger partial charge on any atom is 0.393 e. The topological polar surface area (TPSA) is 122 Å². The van der Waals surface area contributed by atoms with E-state index in [1.165, 1.54) is 16.1 Å². The van der Waals surface area contributed by atoms with E-state index < -0.39 is 22.6 Å². The number of piperazine rings is 1. The molecule has 2 aliphatic rings. The number of aryl methyl sites for hydroxylation is 2. The lowest BCUT2D eigenvalue weighted by atomic mass is 10.0. The van der Waals surface area contributed by atoms with Gasteiger partial charge in [-0.1, -0.05) is 6.07 Å². The molecule has 3 aromatic heterocycles. The first-order valence-corrected chi connectivity index (χ1v) is 19.1. The van der Waals surface area contributed by atoms with Crippen molar-refractivity contribution < 1.29 is 21.6 Å². The average Bonchev–Trinajstić information content (AvgIpc) is 3.57. The van der Waals surface area contributed by atoms with Crippen LogP contribution in [0.5, 0.6) is 0 Å². The molecule has 11 nitrogen and oxygen atoms in total. The lowest BCUT2D eigenvalue weighted by molar-refractivity contribution is -0.126. The molecule has 49 heavy (non-hydrogen) atoms. The molecule has 0 unspecified atom stereocenters. The number of nitriles is 1. The van der Waals surface area contributed by atoms with Crippen LogP contribution in [-0.4, -0.2) is 108 Å². The molecule has 1 aromatic carbocycles. The molecular formula is C33H42F3N9O2S2. The van der Waals surface area contributed by atoms with Gasteiger partial charge in [-0.25, -0.2) is 13.4 Å². The Kier molecular flexibility index (Phi) is 10.1. The number of nitrogens with zero attached hydrogens (tertiary/aromatic N) is 7. The van der Waals surface area contributed by atoms with E-state index in [1.807, 2.05) is 6.07 Å². The summed E-state index contributed by atoms with van der Waals surface area (Å²) in [4.78, 5) is 14.5. The number of sulfonamides is 1. The normalized spacial score (nSPS) is 17.6. The number of aromatic nitrogens is 3. The van der Waals surface area contributed by atoms with Gasteiger partial charge >= 0.3 is 6.18 Å². The molecule has 0 bridgehead atoms. The second-order valence-electron chi connectivity index (χ2n) is 13.0. The number of piperidine rings is 1. The predicted molar refractivity (Wildman–Crippen MR) is 188 cm³/mol. The highest BCUT2D eigenvalue weighted by Crippen LogP contribution is 2.38. The van der Waals surface area contributed by atoms with Crippen molar-refractivity contribution in [2.45, 2.75) is 58.4 Å². The molecule has 0 aliphatic carbocycles. The van der Waals surface area contributed by atoms with Crippen molar-refractivity contribution >= 4 is 54.2 Å². The first-order chi connectivity index (χ1) is 23.2.